The lowest BCUT2D eigenvalue weighted by Crippen LogP contribution is -2.53. The highest BCUT2D eigenvalue weighted by atomic mass is 16.1. The molecule has 96 valence electrons. The number of nitrogens with one attached hydrogen (secondary N) is 1. The highest BCUT2D eigenvalue weighted by Gasteiger charge is 2.47. The van der Waals surface area contributed by atoms with Crippen molar-refractivity contribution in [1.82, 2.24) is 5.32 Å². The van der Waals surface area contributed by atoms with Crippen molar-refractivity contribution in [2.24, 2.45) is 29.4 Å². The van der Waals surface area contributed by atoms with E-state index in [2.05, 4.69) is 5.32 Å². The van der Waals surface area contributed by atoms with Gasteiger partial charge in [0, 0.05) is 12.2 Å². The van der Waals surface area contributed by atoms with Gasteiger partial charge < -0.3 is 11.1 Å². The van der Waals surface area contributed by atoms with E-state index in [1.165, 1.54) is 38.3 Å². The molecule has 4 fully saturated rings. The van der Waals surface area contributed by atoms with Gasteiger partial charge in [-0.2, -0.15) is 5.26 Å². The van der Waals surface area contributed by atoms with Gasteiger partial charge in [-0.05, 0) is 55.8 Å². The van der Waals surface area contributed by atoms with E-state index in [1.54, 1.807) is 0 Å². The number of nitrogens with zero attached hydrogens (tertiary/aromatic N) is 1. The van der Waals surface area contributed by atoms with Crippen molar-refractivity contribution in [3.63, 3.8) is 0 Å². The zero-order valence-electron chi connectivity index (χ0n) is 10.4. The van der Waals surface area contributed by atoms with Gasteiger partial charge in [0.25, 0.3) is 5.91 Å². The van der Waals surface area contributed by atoms with Crippen LogP contribution in [0.25, 0.3) is 0 Å². The lowest BCUT2D eigenvalue weighted by molar-refractivity contribution is -0.114. The zero-order chi connectivity index (χ0) is 12.7. The van der Waals surface area contributed by atoms with Crippen LogP contribution in [0.1, 0.15) is 32.1 Å². The molecule has 4 nitrogen and oxygen atoms in total. The van der Waals surface area contributed by atoms with Crippen LogP contribution >= 0.6 is 0 Å². The summed E-state index contributed by atoms with van der Waals surface area (Å²) in [4.78, 5) is 11.0. The number of nitriles is 1. The SMILES string of the molecule is N#C/C(=C\NC1C2CC3CC(C2)CC1C3)C(N)=O. The Balaban J connectivity index is 1.71. The standard InChI is InChI=1S/C14H19N3O/c15-6-12(14(16)18)7-17-13-10-2-8-1-9(4-10)5-11(13)3-8/h7-11,13,17H,1-5H2,(H2,16,18)/b12-7+. The van der Waals surface area contributed by atoms with Crippen LogP contribution in [0.3, 0.4) is 0 Å². The van der Waals surface area contributed by atoms with Crippen LogP contribution in [-0.2, 0) is 4.79 Å². The molecule has 0 atom stereocenters. The molecule has 4 aliphatic carbocycles. The van der Waals surface area contributed by atoms with Gasteiger partial charge in [-0.25, -0.2) is 0 Å². The molecule has 0 heterocycles. The zero-order valence-corrected chi connectivity index (χ0v) is 10.4. The van der Waals surface area contributed by atoms with Gasteiger partial charge in [0.2, 0.25) is 0 Å². The molecule has 0 unspecified atom stereocenters. The third-order valence-electron chi connectivity index (χ3n) is 5.03. The summed E-state index contributed by atoms with van der Waals surface area (Å²) in [5.41, 5.74) is 5.17. The Kier molecular flexibility index (Phi) is 2.77. The number of carbonyl (C=O) groups is 1. The number of amides is 1. The van der Waals surface area contributed by atoms with E-state index in [4.69, 9.17) is 11.0 Å². The van der Waals surface area contributed by atoms with Crippen LogP contribution in [0.5, 0.6) is 0 Å². The number of rotatable bonds is 3. The molecule has 0 aliphatic heterocycles. The first kappa shape index (κ1) is 11.6. The monoisotopic (exact) mass is 245 g/mol. The van der Waals surface area contributed by atoms with E-state index in [0.717, 1.165) is 23.7 Å². The van der Waals surface area contributed by atoms with E-state index in [1.807, 2.05) is 6.07 Å². The third-order valence-corrected chi connectivity index (χ3v) is 5.03. The first-order valence-electron chi connectivity index (χ1n) is 6.83. The topological polar surface area (TPSA) is 78.9 Å². The Bertz CT molecular complexity index is 407. The summed E-state index contributed by atoms with van der Waals surface area (Å²) in [7, 11) is 0. The summed E-state index contributed by atoms with van der Waals surface area (Å²) in [6.45, 7) is 0. The van der Waals surface area contributed by atoms with Crippen LogP contribution < -0.4 is 11.1 Å². The van der Waals surface area contributed by atoms with Gasteiger partial charge in [0.05, 0.1) is 0 Å². The molecule has 4 rings (SSSR count). The number of nitrogens with two attached hydrogens (primary N) is 1. The summed E-state index contributed by atoms with van der Waals surface area (Å²) in [6.07, 6.45) is 8.23. The molecule has 4 bridgehead atoms. The molecule has 3 N–H and O–H groups in total. The van der Waals surface area contributed by atoms with E-state index < -0.39 is 5.91 Å². The number of primary amides is 1. The molecule has 0 radical (unpaired) electrons. The van der Waals surface area contributed by atoms with E-state index in [-0.39, 0.29) is 5.57 Å². The molecule has 0 aromatic heterocycles. The normalized spacial score (nSPS) is 41.5. The fraction of sp³-hybridized carbons (Fsp3) is 0.714. The maximum atomic E-state index is 11.0. The van der Waals surface area contributed by atoms with Gasteiger partial charge in [-0.15, -0.1) is 0 Å². The van der Waals surface area contributed by atoms with Gasteiger partial charge in [0.15, 0.2) is 0 Å². The second-order valence-corrected chi connectivity index (χ2v) is 6.16. The molecule has 0 saturated heterocycles. The molecule has 0 aromatic rings. The van der Waals surface area contributed by atoms with Gasteiger partial charge >= 0.3 is 0 Å². The molecule has 0 spiro atoms. The highest BCUT2D eigenvalue weighted by Crippen LogP contribution is 2.53. The highest BCUT2D eigenvalue weighted by molar-refractivity contribution is 5.95. The first-order chi connectivity index (χ1) is 8.67. The minimum atomic E-state index is -0.645. The second kappa shape index (κ2) is 4.31. The van der Waals surface area contributed by atoms with Crippen molar-refractivity contribution in [3.8, 4) is 6.07 Å². The summed E-state index contributed by atoms with van der Waals surface area (Å²) in [5, 5.41) is 12.1. The summed E-state index contributed by atoms with van der Waals surface area (Å²) in [5.74, 6) is 2.67. The summed E-state index contributed by atoms with van der Waals surface area (Å²) < 4.78 is 0. The fourth-order valence-corrected chi connectivity index (χ4v) is 4.54. The van der Waals surface area contributed by atoms with Crippen LogP contribution in [0.2, 0.25) is 0 Å². The van der Waals surface area contributed by atoms with Crippen molar-refractivity contribution < 1.29 is 4.79 Å². The van der Waals surface area contributed by atoms with Gasteiger partial charge in [-0.3, -0.25) is 4.79 Å². The van der Waals surface area contributed by atoms with Crippen LogP contribution in [0, 0.1) is 35.0 Å². The van der Waals surface area contributed by atoms with E-state index in [0.29, 0.717) is 6.04 Å². The lowest BCUT2D eigenvalue weighted by atomic mass is 9.54. The molecule has 18 heavy (non-hydrogen) atoms. The van der Waals surface area contributed by atoms with Gasteiger partial charge in [0.1, 0.15) is 11.6 Å². The first-order valence-corrected chi connectivity index (χ1v) is 6.83. The average Bonchev–Trinajstić information content (AvgIpc) is 2.31. The third kappa shape index (κ3) is 1.88. The van der Waals surface area contributed by atoms with Crippen LogP contribution in [0.4, 0.5) is 0 Å². The molecule has 0 aromatic carbocycles. The van der Waals surface area contributed by atoms with Crippen molar-refractivity contribution in [2.45, 2.75) is 38.1 Å². The van der Waals surface area contributed by atoms with Crippen molar-refractivity contribution in [2.75, 3.05) is 0 Å². The predicted molar refractivity (Wildman–Crippen MR) is 66.9 cm³/mol. The quantitative estimate of drug-likeness (QED) is 0.581. The number of carbonyl (C=O) groups excluding carboxylic acids is 1. The van der Waals surface area contributed by atoms with Crippen LogP contribution in [0.15, 0.2) is 11.8 Å². The molecule has 4 aliphatic rings. The minimum Gasteiger partial charge on any atom is -0.386 e. The predicted octanol–water partition coefficient (Wildman–Crippen LogP) is 1.29. The summed E-state index contributed by atoms with van der Waals surface area (Å²) in [6, 6.07) is 2.29. The minimum absolute atomic E-state index is 0.0313. The van der Waals surface area contributed by atoms with Crippen molar-refractivity contribution >= 4 is 5.91 Å². The van der Waals surface area contributed by atoms with Crippen LogP contribution in [-0.4, -0.2) is 11.9 Å². The molecule has 4 heteroatoms. The Hall–Kier alpha value is -1.50. The Morgan fingerprint density at radius 1 is 1.17 bits per heavy atom. The summed E-state index contributed by atoms with van der Waals surface area (Å²) >= 11 is 0. The van der Waals surface area contributed by atoms with E-state index in [9.17, 15) is 4.79 Å². The molecule has 4 saturated carbocycles. The van der Waals surface area contributed by atoms with Crippen molar-refractivity contribution in [3.05, 3.63) is 11.8 Å². The molecule has 1 amide bonds. The average molecular weight is 245 g/mol. The van der Waals surface area contributed by atoms with E-state index >= 15 is 0 Å². The maximum absolute atomic E-state index is 11.0. The second-order valence-electron chi connectivity index (χ2n) is 6.16. The largest absolute Gasteiger partial charge is 0.386 e. The lowest BCUT2D eigenvalue weighted by Gasteiger charge is -2.54. The Labute approximate surface area is 107 Å². The maximum Gasteiger partial charge on any atom is 0.260 e. The molecular weight excluding hydrogens is 226 g/mol. The smallest absolute Gasteiger partial charge is 0.260 e. The Morgan fingerprint density at radius 2 is 1.72 bits per heavy atom. The van der Waals surface area contributed by atoms with Gasteiger partial charge in [-0.1, -0.05) is 0 Å². The molecular formula is C14H19N3O. The fourth-order valence-electron chi connectivity index (χ4n) is 4.54. The number of hydrogen-bond donors (Lipinski definition) is 2. The number of hydrogen-bond acceptors (Lipinski definition) is 3. The Morgan fingerprint density at radius 3 is 2.17 bits per heavy atom. The van der Waals surface area contributed by atoms with Crippen molar-refractivity contribution in [1.29, 1.82) is 5.26 Å².